The van der Waals surface area contributed by atoms with Gasteiger partial charge in [0.2, 0.25) is 0 Å². The minimum absolute atomic E-state index is 0.699. The number of nitrogen functional groups attached to an aromatic ring is 2. The average molecular weight is 149 g/mol. The Kier molecular flexibility index (Phi) is 2.11. The highest BCUT2D eigenvalue weighted by atomic mass is 14.7. The first-order valence-electron chi connectivity index (χ1n) is 3.31. The van der Waals surface area contributed by atoms with Crippen LogP contribution in [0.25, 0.3) is 0 Å². The van der Waals surface area contributed by atoms with Crippen LogP contribution in [0.5, 0.6) is 0 Å². The predicted octanol–water partition coefficient (Wildman–Crippen LogP) is 0.900. The molecular weight excluding hydrogens is 138 g/mol. The zero-order chi connectivity index (χ0) is 8.27. The number of aliphatic imine (C=N–C) groups is 1. The van der Waals surface area contributed by atoms with E-state index < -0.39 is 0 Å². The van der Waals surface area contributed by atoms with E-state index in [9.17, 15) is 0 Å². The highest BCUT2D eigenvalue weighted by Gasteiger charge is 1.94. The second-order valence-electron chi connectivity index (χ2n) is 2.28. The van der Waals surface area contributed by atoms with E-state index in [2.05, 4.69) is 4.99 Å². The largest absolute Gasteiger partial charge is 0.399 e. The van der Waals surface area contributed by atoms with Gasteiger partial charge in [-0.2, -0.15) is 0 Å². The molecule has 0 bridgehead atoms. The van der Waals surface area contributed by atoms with Gasteiger partial charge in [0, 0.05) is 30.2 Å². The molecule has 0 radical (unpaired) electrons. The third kappa shape index (κ3) is 1.70. The fourth-order valence-corrected chi connectivity index (χ4v) is 0.844. The molecule has 0 unspecified atom stereocenters. The molecule has 3 heteroatoms. The lowest BCUT2D eigenvalue weighted by Gasteiger charge is -1.99. The van der Waals surface area contributed by atoms with Crippen molar-refractivity contribution in [3.05, 3.63) is 23.8 Å². The number of anilines is 2. The molecule has 0 spiro atoms. The summed E-state index contributed by atoms with van der Waals surface area (Å²) in [4.78, 5) is 3.85. The van der Waals surface area contributed by atoms with Crippen molar-refractivity contribution < 1.29 is 0 Å². The number of benzene rings is 1. The molecule has 1 aromatic rings. The van der Waals surface area contributed by atoms with E-state index in [0.29, 0.717) is 11.4 Å². The quantitative estimate of drug-likeness (QED) is 0.460. The Hall–Kier alpha value is -1.51. The van der Waals surface area contributed by atoms with Gasteiger partial charge in [0.15, 0.2) is 0 Å². The molecule has 0 heterocycles. The van der Waals surface area contributed by atoms with Gasteiger partial charge in [0.1, 0.15) is 0 Å². The van der Waals surface area contributed by atoms with E-state index in [0.717, 1.165) is 5.56 Å². The minimum Gasteiger partial charge on any atom is -0.399 e. The summed E-state index contributed by atoms with van der Waals surface area (Å²) in [7, 11) is 1.70. The van der Waals surface area contributed by atoms with Crippen LogP contribution in [0, 0.1) is 0 Å². The summed E-state index contributed by atoms with van der Waals surface area (Å²) in [5.74, 6) is 0. The topological polar surface area (TPSA) is 64.4 Å². The first-order chi connectivity index (χ1) is 5.24. The Morgan fingerprint density at radius 1 is 1.36 bits per heavy atom. The van der Waals surface area contributed by atoms with Crippen molar-refractivity contribution >= 4 is 17.6 Å². The minimum atomic E-state index is 0.699. The maximum Gasteiger partial charge on any atom is 0.0404 e. The van der Waals surface area contributed by atoms with Crippen LogP contribution in [0.2, 0.25) is 0 Å². The van der Waals surface area contributed by atoms with Crippen LogP contribution in [0.15, 0.2) is 23.2 Å². The molecule has 0 fully saturated rings. The molecule has 0 atom stereocenters. The molecule has 0 aliphatic carbocycles. The Bertz CT molecular complexity index is 279. The third-order valence-electron chi connectivity index (χ3n) is 1.38. The number of nitrogens with zero attached hydrogens (tertiary/aromatic N) is 1. The second kappa shape index (κ2) is 3.05. The molecule has 4 N–H and O–H groups in total. The van der Waals surface area contributed by atoms with Crippen molar-refractivity contribution in [3.8, 4) is 0 Å². The Morgan fingerprint density at radius 2 is 2.09 bits per heavy atom. The highest BCUT2D eigenvalue weighted by molar-refractivity contribution is 5.88. The van der Waals surface area contributed by atoms with Crippen LogP contribution in [-0.2, 0) is 0 Å². The smallest absolute Gasteiger partial charge is 0.0404 e. The van der Waals surface area contributed by atoms with Gasteiger partial charge in [-0.05, 0) is 18.2 Å². The molecule has 0 amide bonds. The van der Waals surface area contributed by atoms with Crippen molar-refractivity contribution in [2.24, 2.45) is 4.99 Å². The van der Waals surface area contributed by atoms with Gasteiger partial charge in [-0.25, -0.2) is 0 Å². The first-order valence-corrected chi connectivity index (χ1v) is 3.31. The Morgan fingerprint density at radius 3 is 2.73 bits per heavy atom. The maximum absolute atomic E-state index is 5.63. The Balaban J connectivity index is 3.12. The van der Waals surface area contributed by atoms with Gasteiger partial charge in [0.05, 0.1) is 0 Å². The maximum atomic E-state index is 5.63. The molecule has 0 aliphatic rings. The molecule has 11 heavy (non-hydrogen) atoms. The SMILES string of the molecule is C/N=C\c1cc(N)ccc1N. The van der Waals surface area contributed by atoms with Gasteiger partial charge >= 0.3 is 0 Å². The molecular formula is C8H11N3. The third-order valence-corrected chi connectivity index (χ3v) is 1.38. The molecule has 1 aromatic carbocycles. The van der Waals surface area contributed by atoms with Gasteiger partial charge in [0.25, 0.3) is 0 Å². The van der Waals surface area contributed by atoms with Gasteiger partial charge < -0.3 is 11.5 Å². The van der Waals surface area contributed by atoms with E-state index in [-0.39, 0.29) is 0 Å². The zero-order valence-corrected chi connectivity index (χ0v) is 6.41. The summed E-state index contributed by atoms with van der Waals surface area (Å²) in [6, 6.07) is 5.33. The standard InChI is InChI=1S/C8H11N3/c1-11-5-6-4-7(9)2-3-8(6)10/h2-5H,9-10H2,1H3/b11-5-. The summed E-state index contributed by atoms with van der Waals surface area (Å²) in [6.45, 7) is 0. The van der Waals surface area contributed by atoms with E-state index in [1.165, 1.54) is 0 Å². The number of rotatable bonds is 1. The van der Waals surface area contributed by atoms with Crippen LogP contribution in [-0.4, -0.2) is 13.3 Å². The van der Waals surface area contributed by atoms with Crippen LogP contribution in [0.4, 0.5) is 11.4 Å². The van der Waals surface area contributed by atoms with Crippen molar-refractivity contribution in [2.75, 3.05) is 18.5 Å². The average Bonchev–Trinajstić information content (AvgIpc) is 1.98. The van der Waals surface area contributed by atoms with E-state index in [1.807, 2.05) is 0 Å². The van der Waals surface area contributed by atoms with Gasteiger partial charge in [-0.15, -0.1) is 0 Å². The lowest BCUT2D eigenvalue weighted by atomic mass is 10.2. The summed E-state index contributed by atoms with van der Waals surface area (Å²) >= 11 is 0. The van der Waals surface area contributed by atoms with E-state index >= 15 is 0 Å². The fourth-order valence-electron chi connectivity index (χ4n) is 0.844. The summed E-state index contributed by atoms with van der Waals surface area (Å²) in [5.41, 5.74) is 13.4. The summed E-state index contributed by atoms with van der Waals surface area (Å²) in [6.07, 6.45) is 1.69. The van der Waals surface area contributed by atoms with Crippen molar-refractivity contribution in [1.82, 2.24) is 0 Å². The van der Waals surface area contributed by atoms with Crippen LogP contribution in [0.1, 0.15) is 5.56 Å². The monoisotopic (exact) mass is 149 g/mol. The molecule has 0 aliphatic heterocycles. The molecule has 1 rings (SSSR count). The number of hydrogen-bond acceptors (Lipinski definition) is 3. The van der Waals surface area contributed by atoms with Gasteiger partial charge in [-0.3, -0.25) is 4.99 Å². The first kappa shape index (κ1) is 7.60. The van der Waals surface area contributed by atoms with Crippen LogP contribution < -0.4 is 11.5 Å². The van der Waals surface area contributed by atoms with Gasteiger partial charge in [-0.1, -0.05) is 0 Å². The van der Waals surface area contributed by atoms with Crippen molar-refractivity contribution in [3.63, 3.8) is 0 Å². The highest BCUT2D eigenvalue weighted by Crippen LogP contribution is 2.12. The lowest BCUT2D eigenvalue weighted by molar-refractivity contribution is 1.46. The van der Waals surface area contributed by atoms with Crippen LogP contribution >= 0.6 is 0 Å². The van der Waals surface area contributed by atoms with E-state index in [4.69, 9.17) is 11.5 Å². The second-order valence-corrected chi connectivity index (χ2v) is 2.28. The summed E-state index contributed by atoms with van der Waals surface area (Å²) < 4.78 is 0. The zero-order valence-electron chi connectivity index (χ0n) is 6.41. The van der Waals surface area contributed by atoms with Crippen molar-refractivity contribution in [1.29, 1.82) is 0 Å². The Labute approximate surface area is 65.7 Å². The molecule has 58 valence electrons. The lowest BCUT2D eigenvalue weighted by Crippen LogP contribution is -1.95. The van der Waals surface area contributed by atoms with E-state index in [1.54, 1.807) is 31.5 Å². The molecule has 0 aromatic heterocycles. The molecule has 3 nitrogen and oxygen atoms in total. The predicted molar refractivity (Wildman–Crippen MR) is 48.8 cm³/mol. The van der Waals surface area contributed by atoms with Crippen LogP contribution in [0.3, 0.4) is 0 Å². The number of hydrogen-bond donors (Lipinski definition) is 2. The molecule has 0 saturated carbocycles. The normalized spacial score (nSPS) is 10.6. The molecule has 0 saturated heterocycles. The summed E-state index contributed by atoms with van der Waals surface area (Å²) in [5, 5.41) is 0. The number of nitrogens with two attached hydrogens (primary N) is 2. The van der Waals surface area contributed by atoms with Crippen molar-refractivity contribution in [2.45, 2.75) is 0 Å². The fraction of sp³-hybridized carbons (Fsp3) is 0.125.